The van der Waals surface area contributed by atoms with Gasteiger partial charge >= 0.3 is 0 Å². The van der Waals surface area contributed by atoms with Gasteiger partial charge < -0.3 is 5.73 Å². The number of pyridine rings is 1. The van der Waals surface area contributed by atoms with Crippen molar-refractivity contribution < 1.29 is 0 Å². The highest BCUT2D eigenvalue weighted by Crippen LogP contribution is 2.17. The van der Waals surface area contributed by atoms with Crippen molar-refractivity contribution in [2.45, 2.75) is 12.7 Å². The predicted octanol–water partition coefficient (Wildman–Crippen LogP) is 0.142. The molecule has 2 rings (SSSR count). The van der Waals surface area contributed by atoms with Gasteiger partial charge in [0.15, 0.2) is 0 Å². The molecule has 3 nitrogen and oxygen atoms in total. The molecule has 10 heavy (non-hydrogen) atoms. The van der Waals surface area contributed by atoms with Crippen LogP contribution >= 0.6 is 0 Å². The van der Waals surface area contributed by atoms with E-state index in [9.17, 15) is 0 Å². The second-order valence-electron chi connectivity index (χ2n) is 2.40. The van der Waals surface area contributed by atoms with Gasteiger partial charge in [-0.15, -0.1) is 0 Å². The monoisotopic (exact) mass is 135 g/mol. The van der Waals surface area contributed by atoms with Gasteiger partial charge in [0.2, 0.25) is 0 Å². The molecule has 1 unspecified atom stereocenters. The fourth-order valence-corrected chi connectivity index (χ4v) is 1.20. The van der Waals surface area contributed by atoms with E-state index < -0.39 is 0 Å². The van der Waals surface area contributed by atoms with Crippen molar-refractivity contribution in [3.05, 3.63) is 29.6 Å². The molecule has 1 atom stereocenters. The lowest BCUT2D eigenvalue weighted by molar-refractivity contribution is 0.606. The summed E-state index contributed by atoms with van der Waals surface area (Å²) in [6.07, 6.45) is 1.78. The quantitative estimate of drug-likeness (QED) is 0.532. The second-order valence-corrected chi connectivity index (χ2v) is 2.40. The first-order chi connectivity index (χ1) is 4.88. The average Bonchev–Trinajstić information content (AvgIpc) is 2.34. The molecular weight excluding hydrogens is 126 g/mol. The average molecular weight is 135 g/mol. The topological polar surface area (TPSA) is 50.9 Å². The Kier molecular flexibility index (Phi) is 1.19. The first-order valence-electron chi connectivity index (χ1n) is 3.30. The van der Waals surface area contributed by atoms with E-state index in [2.05, 4.69) is 10.3 Å². The molecule has 0 saturated heterocycles. The molecule has 0 bridgehead atoms. The molecule has 1 aliphatic rings. The van der Waals surface area contributed by atoms with Gasteiger partial charge in [-0.1, -0.05) is 6.07 Å². The first kappa shape index (κ1) is 5.82. The number of nitrogens with one attached hydrogen (secondary N) is 1. The molecule has 3 N–H and O–H groups in total. The van der Waals surface area contributed by atoms with Crippen molar-refractivity contribution in [2.75, 3.05) is 0 Å². The summed E-state index contributed by atoms with van der Waals surface area (Å²) in [6, 6.07) is 3.92. The Morgan fingerprint density at radius 3 is 3.40 bits per heavy atom. The first-order valence-corrected chi connectivity index (χ1v) is 3.30. The fraction of sp³-hybridized carbons (Fsp3) is 0.286. The van der Waals surface area contributed by atoms with E-state index in [0.717, 1.165) is 17.8 Å². The number of fused-ring (bicyclic) bond motifs is 1. The van der Waals surface area contributed by atoms with E-state index in [-0.39, 0.29) is 6.17 Å². The van der Waals surface area contributed by atoms with E-state index >= 15 is 0 Å². The molecule has 0 spiro atoms. The SMILES string of the molecule is NC1NCc2ncccc21. The third-order valence-corrected chi connectivity index (χ3v) is 1.75. The maximum Gasteiger partial charge on any atom is 0.0831 e. The zero-order valence-corrected chi connectivity index (χ0v) is 5.54. The number of hydrogen-bond acceptors (Lipinski definition) is 3. The van der Waals surface area contributed by atoms with Crippen LogP contribution in [-0.2, 0) is 6.54 Å². The molecule has 3 heteroatoms. The summed E-state index contributed by atoms with van der Waals surface area (Å²) in [5.74, 6) is 0. The lowest BCUT2D eigenvalue weighted by Gasteiger charge is -2.01. The highest BCUT2D eigenvalue weighted by molar-refractivity contribution is 5.26. The molecule has 0 saturated carbocycles. The Morgan fingerprint density at radius 1 is 1.70 bits per heavy atom. The summed E-state index contributed by atoms with van der Waals surface area (Å²) >= 11 is 0. The zero-order chi connectivity index (χ0) is 6.97. The summed E-state index contributed by atoms with van der Waals surface area (Å²) in [6.45, 7) is 0.803. The molecule has 1 aliphatic heterocycles. The van der Waals surface area contributed by atoms with Crippen molar-refractivity contribution in [1.82, 2.24) is 10.3 Å². The molecule has 0 fully saturated rings. The van der Waals surface area contributed by atoms with Crippen molar-refractivity contribution in [1.29, 1.82) is 0 Å². The summed E-state index contributed by atoms with van der Waals surface area (Å²) < 4.78 is 0. The fourth-order valence-electron chi connectivity index (χ4n) is 1.20. The van der Waals surface area contributed by atoms with E-state index in [1.54, 1.807) is 6.20 Å². The van der Waals surface area contributed by atoms with Crippen molar-refractivity contribution in [2.24, 2.45) is 5.73 Å². The Labute approximate surface area is 59.3 Å². The summed E-state index contributed by atoms with van der Waals surface area (Å²) in [5.41, 5.74) is 7.90. The van der Waals surface area contributed by atoms with Gasteiger partial charge in [0.25, 0.3) is 0 Å². The Hall–Kier alpha value is -0.930. The molecule has 0 radical (unpaired) electrons. The minimum atomic E-state index is -0.0105. The van der Waals surface area contributed by atoms with Gasteiger partial charge in [0.1, 0.15) is 0 Å². The molecule has 2 heterocycles. The van der Waals surface area contributed by atoms with Gasteiger partial charge in [-0.3, -0.25) is 10.3 Å². The van der Waals surface area contributed by atoms with Crippen LogP contribution in [0.2, 0.25) is 0 Å². The van der Waals surface area contributed by atoms with Crippen LogP contribution in [0.5, 0.6) is 0 Å². The van der Waals surface area contributed by atoms with Crippen LogP contribution < -0.4 is 11.1 Å². The van der Waals surface area contributed by atoms with E-state index in [0.29, 0.717) is 0 Å². The third kappa shape index (κ3) is 0.716. The van der Waals surface area contributed by atoms with Gasteiger partial charge in [-0.05, 0) is 6.07 Å². The van der Waals surface area contributed by atoms with Crippen molar-refractivity contribution in [3.8, 4) is 0 Å². The largest absolute Gasteiger partial charge is 0.312 e. The van der Waals surface area contributed by atoms with Crippen molar-refractivity contribution in [3.63, 3.8) is 0 Å². The zero-order valence-electron chi connectivity index (χ0n) is 5.54. The Balaban J connectivity index is 2.51. The Morgan fingerprint density at radius 2 is 2.60 bits per heavy atom. The number of nitrogens with zero attached hydrogens (tertiary/aromatic N) is 1. The maximum atomic E-state index is 5.70. The number of hydrogen-bond donors (Lipinski definition) is 2. The van der Waals surface area contributed by atoms with Gasteiger partial charge in [-0.25, -0.2) is 0 Å². The van der Waals surface area contributed by atoms with E-state index in [1.165, 1.54) is 0 Å². The van der Waals surface area contributed by atoms with Crippen molar-refractivity contribution >= 4 is 0 Å². The molecule has 0 aromatic carbocycles. The normalized spacial score (nSPS) is 22.7. The van der Waals surface area contributed by atoms with Crippen LogP contribution in [0.25, 0.3) is 0 Å². The van der Waals surface area contributed by atoms with Crippen LogP contribution in [0.4, 0.5) is 0 Å². The lowest BCUT2D eigenvalue weighted by Crippen LogP contribution is -2.20. The van der Waals surface area contributed by atoms with Crippen LogP contribution in [-0.4, -0.2) is 4.98 Å². The van der Waals surface area contributed by atoms with Crippen LogP contribution in [0.3, 0.4) is 0 Å². The molecule has 1 aromatic rings. The minimum Gasteiger partial charge on any atom is -0.312 e. The minimum absolute atomic E-state index is 0.0105. The van der Waals surface area contributed by atoms with Crippen LogP contribution in [0, 0.1) is 0 Å². The Bertz CT molecular complexity index is 246. The molecular formula is C7H9N3. The maximum absolute atomic E-state index is 5.70. The number of nitrogens with two attached hydrogens (primary N) is 1. The number of rotatable bonds is 0. The molecule has 0 amide bonds. The van der Waals surface area contributed by atoms with Crippen LogP contribution in [0.15, 0.2) is 18.3 Å². The second kappa shape index (κ2) is 2.04. The van der Waals surface area contributed by atoms with Crippen LogP contribution in [0.1, 0.15) is 17.4 Å². The highest BCUT2D eigenvalue weighted by Gasteiger charge is 2.17. The molecule has 0 aliphatic carbocycles. The highest BCUT2D eigenvalue weighted by atomic mass is 15.1. The van der Waals surface area contributed by atoms with E-state index in [4.69, 9.17) is 5.73 Å². The molecule has 1 aromatic heterocycles. The van der Waals surface area contributed by atoms with Gasteiger partial charge in [-0.2, -0.15) is 0 Å². The summed E-state index contributed by atoms with van der Waals surface area (Å²) in [5, 5.41) is 3.10. The lowest BCUT2D eigenvalue weighted by atomic mass is 10.2. The van der Waals surface area contributed by atoms with Gasteiger partial charge in [0.05, 0.1) is 11.9 Å². The molecule has 52 valence electrons. The predicted molar refractivity (Wildman–Crippen MR) is 38.0 cm³/mol. The third-order valence-electron chi connectivity index (χ3n) is 1.75. The standard InChI is InChI=1S/C7H9N3/c8-7-5-2-1-3-9-6(5)4-10-7/h1-3,7,10H,4,8H2. The van der Waals surface area contributed by atoms with Gasteiger partial charge in [0, 0.05) is 18.3 Å². The smallest absolute Gasteiger partial charge is 0.0831 e. The number of aromatic nitrogens is 1. The summed E-state index contributed by atoms with van der Waals surface area (Å²) in [7, 11) is 0. The van der Waals surface area contributed by atoms with E-state index in [1.807, 2.05) is 12.1 Å². The summed E-state index contributed by atoms with van der Waals surface area (Å²) in [4.78, 5) is 4.17.